The predicted octanol–water partition coefficient (Wildman–Crippen LogP) is 3.22. The van der Waals surface area contributed by atoms with Crippen LogP contribution in [0.1, 0.15) is 10.4 Å². The van der Waals surface area contributed by atoms with Crippen LogP contribution in [0.4, 0.5) is 0 Å². The maximum Gasteiger partial charge on any atom is 0.253 e. The highest BCUT2D eigenvalue weighted by atomic mass is 35.5. The van der Waals surface area contributed by atoms with Crippen molar-refractivity contribution in [3.05, 3.63) is 83.9 Å². The molecule has 0 radical (unpaired) electrons. The minimum Gasteiger partial charge on any atom is -0.336 e. The number of hydrogen-bond donors (Lipinski definition) is 0. The van der Waals surface area contributed by atoms with E-state index in [0.29, 0.717) is 23.7 Å². The van der Waals surface area contributed by atoms with Crippen molar-refractivity contribution in [3.8, 4) is 5.69 Å². The summed E-state index contributed by atoms with van der Waals surface area (Å²) in [5.41, 5.74) is 1.40. The van der Waals surface area contributed by atoms with Crippen molar-refractivity contribution in [2.45, 2.75) is 4.90 Å². The minimum atomic E-state index is -3.66. The fourth-order valence-electron chi connectivity index (χ4n) is 3.93. The lowest BCUT2D eigenvalue weighted by atomic mass is 10.1. The summed E-state index contributed by atoms with van der Waals surface area (Å²) in [4.78, 5) is 14.8. The van der Waals surface area contributed by atoms with E-state index in [9.17, 15) is 13.2 Å². The molecule has 1 fully saturated rings. The number of benzene rings is 3. The standard InChI is InChI=1S/C23H20ClN5O3S/c24-20-5-1-19-14-22(8-4-18(19)13-20)33(31,32)29-11-9-27(10-12-29)23(30)17-2-6-21(7-3-17)28-15-25-26-16-28/h1-8,13-16H,9-12H2. The van der Waals surface area contributed by atoms with Crippen molar-refractivity contribution in [2.75, 3.05) is 26.2 Å². The molecule has 0 N–H and O–H groups in total. The van der Waals surface area contributed by atoms with Gasteiger partial charge in [0.15, 0.2) is 0 Å². The molecule has 1 aromatic heterocycles. The van der Waals surface area contributed by atoms with Crippen molar-refractivity contribution >= 4 is 38.3 Å². The van der Waals surface area contributed by atoms with Crippen molar-refractivity contribution in [3.63, 3.8) is 0 Å². The normalized spacial score (nSPS) is 15.1. The fourth-order valence-corrected chi connectivity index (χ4v) is 5.57. The van der Waals surface area contributed by atoms with E-state index in [0.717, 1.165) is 16.5 Å². The summed E-state index contributed by atoms with van der Waals surface area (Å²) in [7, 11) is -3.66. The summed E-state index contributed by atoms with van der Waals surface area (Å²) in [5, 5.41) is 9.85. The van der Waals surface area contributed by atoms with Gasteiger partial charge in [-0.1, -0.05) is 23.7 Å². The van der Waals surface area contributed by atoms with Gasteiger partial charge in [0, 0.05) is 42.5 Å². The maximum absolute atomic E-state index is 13.2. The van der Waals surface area contributed by atoms with Gasteiger partial charge < -0.3 is 4.90 Å². The van der Waals surface area contributed by atoms with E-state index in [4.69, 9.17) is 11.6 Å². The summed E-state index contributed by atoms with van der Waals surface area (Å²) in [6, 6.07) is 17.5. The number of amides is 1. The predicted molar refractivity (Wildman–Crippen MR) is 125 cm³/mol. The molecule has 10 heteroatoms. The second kappa shape index (κ2) is 8.58. The average Bonchev–Trinajstić information content (AvgIpc) is 3.38. The number of sulfonamides is 1. The fraction of sp³-hybridized carbons (Fsp3) is 0.174. The van der Waals surface area contributed by atoms with Crippen LogP contribution < -0.4 is 0 Å². The smallest absolute Gasteiger partial charge is 0.253 e. The average molecular weight is 482 g/mol. The van der Waals surface area contributed by atoms with Gasteiger partial charge in [-0.05, 0) is 59.3 Å². The Morgan fingerprint density at radius 3 is 2.15 bits per heavy atom. The zero-order chi connectivity index (χ0) is 23.0. The third-order valence-corrected chi connectivity index (χ3v) is 7.90. The van der Waals surface area contributed by atoms with E-state index in [1.807, 2.05) is 18.2 Å². The van der Waals surface area contributed by atoms with Crippen LogP contribution in [0.2, 0.25) is 5.02 Å². The third kappa shape index (κ3) is 4.22. The Bertz CT molecular complexity index is 1410. The molecule has 4 aromatic rings. The highest BCUT2D eigenvalue weighted by Crippen LogP contribution is 2.25. The van der Waals surface area contributed by atoms with Crippen molar-refractivity contribution in [1.82, 2.24) is 24.0 Å². The molecule has 1 aliphatic rings. The molecular weight excluding hydrogens is 462 g/mol. The Hall–Kier alpha value is -3.27. The van der Waals surface area contributed by atoms with Crippen LogP contribution in [0.5, 0.6) is 0 Å². The van der Waals surface area contributed by atoms with Gasteiger partial charge in [0.1, 0.15) is 12.7 Å². The van der Waals surface area contributed by atoms with Crippen molar-refractivity contribution in [1.29, 1.82) is 0 Å². The lowest BCUT2D eigenvalue weighted by molar-refractivity contribution is 0.0698. The molecule has 1 amide bonds. The number of halogens is 1. The number of hydrogen-bond acceptors (Lipinski definition) is 5. The van der Waals surface area contributed by atoms with Crippen LogP contribution in [-0.2, 0) is 10.0 Å². The van der Waals surface area contributed by atoms with Crippen LogP contribution in [0, 0.1) is 0 Å². The van der Waals surface area contributed by atoms with Gasteiger partial charge in [-0.2, -0.15) is 4.31 Å². The molecular formula is C23H20ClN5O3S. The van der Waals surface area contributed by atoms with Crippen LogP contribution in [-0.4, -0.2) is 64.5 Å². The zero-order valence-corrected chi connectivity index (χ0v) is 19.1. The van der Waals surface area contributed by atoms with Crippen LogP contribution >= 0.6 is 11.6 Å². The highest BCUT2D eigenvalue weighted by Gasteiger charge is 2.30. The summed E-state index contributed by atoms with van der Waals surface area (Å²) in [5.74, 6) is -0.120. The van der Waals surface area contributed by atoms with E-state index in [1.54, 1.807) is 64.6 Å². The number of piperazine rings is 1. The molecule has 8 nitrogen and oxygen atoms in total. The topological polar surface area (TPSA) is 88.4 Å². The molecule has 0 bridgehead atoms. The zero-order valence-electron chi connectivity index (χ0n) is 17.5. The third-order valence-electron chi connectivity index (χ3n) is 5.77. The number of nitrogens with zero attached hydrogens (tertiary/aromatic N) is 5. The summed E-state index contributed by atoms with van der Waals surface area (Å²) >= 11 is 6.02. The summed E-state index contributed by atoms with van der Waals surface area (Å²) in [6.45, 7) is 1.14. The number of fused-ring (bicyclic) bond motifs is 1. The Balaban J connectivity index is 1.27. The van der Waals surface area contributed by atoms with E-state index >= 15 is 0 Å². The minimum absolute atomic E-state index is 0.120. The second-order valence-electron chi connectivity index (χ2n) is 7.77. The molecule has 3 aromatic carbocycles. The molecule has 1 aliphatic heterocycles. The number of carbonyl (C=O) groups excluding carboxylic acids is 1. The first-order valence-electron chi connectivity index (χ1n) is 10.4. The first-order valence-corrected chi connectivity index (χ1v) is 12.2. The van der Waals surface area contributed by atoms with Crippen molar-refractivity contribution in [2.24, 2.45) is 0 Å². The molecule has 0 unspecified atom stereocenters. The van der Waals surface area contributed by atoms with Crippen LogP contribution in [0.3, 0.4) is 0 Å². The Labute approximate surface area is 196 Å². The van der Waals surface area contributed by atoms with Gasteiger partial charge >= 0.3 is 0 Å². The maximum atomic E-state index is 13.2. The van der Waals surface area contributed by atoms with Gasteiger partial charge in [-0.3, -0.25) is 9.36 Å². The molecule has 5 rings (SSSR count). The lowest BCUT2D eigenvalue weighted by Gasteiger charge is -2.34. The first kappa shape index (κ1) is 21.6. The molecule has 0 aliphatic carbocycles. The van der Waals surface area contributed by atoms with Crippen LogP contribution in [0.15, 0.2) is 78.2 Å². The first-order chi connectivity index (χ1) is 15.9. The summed E-state index contributed by atoms with van der Waals surface area (Å²) < 4.78 is 29.5. The monoisotopic (exact) mass is 481 g/mol. The molecule has 0 spiro atoms. The van der Waals surface area contributed by atoms with Gasteiger partial charge in [0.05, 0.1) is 4.90 Å². The Morgan fingerprint density at radius 1 is 0.818 bits per heavy atom. The van der Waals surface area contributed by atoms with Crippen LogP contribution in [0.25, 0.3) is 16.5 Å². The Kier molecular flexibility index (Phi) is 5.61. The number of rotatable bonds is 4. The van der Waals surface area contributed by atoms with Gasteiger partial charge in [-0.25, -0.2) is 8.42 Å². The highest BCUT2D eigenvalue weighted by molar-refractivity contribution is 7.89. The molecule has 33 heavy (non-hydrogen) atoms. The van der Waals surface area contributed by atoms with E-state index < -0.39 is 10.0 Å². The van der Waals surface area contributed by atoms with Gasteiger partial charge in [0.2, 0.25) is 10.0 Å². The van der Waals surface area contributed by atoms with Gasteiger partial charge in [0.25, 0.3) is 5.91 Å². The molecule has 0 saturated carbocycles. The Morgan fingerprint density at radius 2 is 1.45 bits per heavy atom. The summed E-state index contributed by atoms with van der Waals surface area (Å²) in [6.07, 6.45) is 3.17. The molecule has 0 atom stereocenters. The lowest BCUT2D eigenvalue weighted by Crippen LogP contribution is -2.50. The quantitative estimate of drug-likeness (QED) is 0.446. The van der Waals surface area contributed by atoms with Crippen molar-refractivity contribution < 1.29 is 13.2 Å². The second-order valence-corrected chi connectivity index (χ2v) is 10.1. The largest absolute Gasteiger partial charge is 0.336 e. The molecule has 168 valence electrons. The van der Waals surface area contributed by atoms with E-state index in [-0.39, 0.29) is 23.9 Å². The number of carbonyl (C=O) groups is 1. The number of aromatic nitrogens is 3. The van der Waals surface area contributed by atoms with E-state index in [2.05, 4.69) is 10.2 Å². The SMILES string of the molecule is O=C(c1ccc(-n2cnnc2)cc1)N1CCN(S(=O)(=O)c2ccc3cc(Cl)ccc3c2)CC1. The van der Waals surface area contributed by atoms with Gasteiger partial charge in [-0.15, -0.1) is 10.2 Å². The molecule has 1 saturated heterocycles. The molecule has 2 heterocycles. The van der Waals surface area contributed by atoms with E-state index in [1.165, 1.54) is 4.31 Å².